The number of rotatable bonds is 3. The first-order chi connectivity index (χ1) is 16.5. The fraction of sp³-hybridized carbons (Fsp3) is 0.375. The molecule has 0 aliphatic carbocycles. The van der Waals surface area contributed by atoms with Crippen LogP contribution in [0.5, 0.6) is 17.2 Å². The molecule has 0 aromatic heterocycles. The highest BCUT2D eigenvalue weighted by Gasteiger charge is 2.38. The van der Waals surface area contributed by atoms with Gasteiger partial charge in [-0.05, 0) is 35.9 Å². The van der Waals surface area contributed by atoms with Gasteiger partial charge in [0.1, 0.15) is 18.5 Å². The molecule has 2 N–H and O–H groups in total. The second kappa shape index (κ2) is 10.4. The zero-order valence-electron chi connectivity index (χ0n) is 19.0. The number of fused-ring (bicyclic) bond motifs is 7. The Morgan fingerprint density at radius 2 is 1.91 bits per heavy atom. The number of nitrogens with one attached hydrogen (secondary N) is 2. The molecule has 1 fully saturated rings. The monoisotopic (exact) mass is 469 g/mol. The molecule has 3 aliphatic rings. The number of methoxy groups -OCH3 is 2. The summed E-state index contributed by atoms with van der Waals surface area (Å²) in [6, 6.07) is 11.6. The number of likely N-dealkylation sites (tertiary alicyclic amines) is 1. The molecule has 3 aliphatic heterocycles. The lowest BCUT2D eigenvalue weighted by Gasteiger charge is -2.21. The van der Waals surface area contributed by atoms with Crippen molar-refractivity contribution in [3.8, 4) is 17.2 Å². The maximum Gasteiger partial charge on any atom is 0.258 e. The van der Waals surface area contributed by atoms with E-state index in [1.807, 2.05) is 12.1 Å². The molecule has 0 saturated carbocycles. The molecule has 3 amide bonds. The molecular formula is C24H27N3O7. The van der Waals surface area contributed by atoms with E-state index in [1.54, 1.807) is 29.2 Å². The van der Waals surface area contributed by atoms with Crippen molar-refractivity contribution in [1.82, 2.24) is 15.5 Å². The lowest BCUT2D eigenvalue weighted by Crippen LogP contribution is -2.45. The van der Waals surface area contributed by atoms with Crippen molar-refractivity contribution in [3.63, 3.8) is 0 Å². The van der Waals surface area contributed by atoms with Crippen LogP contribution in [0, 0.1) is 0 Å². The van der Waals surface area contributed by atoms with E-state index in [9.17, 15) is 14.4 Å². The Balaban J connectivity index is 1.64. The van der Waals surface area contributed by atoms with Gasteiger partial charge in [-0.1, -0.05) is 12.1 Å². The van der Waals surface area contributed by atoms with Crippen LogP contribution in [-0.4, -0.2) is 75.3 Å². The number of ether oxygens (including phenoxy) is 4. The molecule has 3 heterocycles. The summed E-state index contributed by atoms with van der Waals surface area (Å²) in [5, 5.41) is 5.77. The number of hydrogen-bond acceptors (Lipinski definition) is 7. The van der Waals surface area contributed by atoms with Crippen LogP contribution in [0.2, 0.25) is 0 Å². The Kier molecular flexibility index (Phi) is 7.17. The third kappa shape index (κ3) is 5.40. The van der Waals surface area contributed by atoms with Crippen molar-refractivity contribution >= 4 is 17.7 Å². The maximum absolute atomic E-state index is 13.1. The van der Waals surface area contributed by atoms with Crippen LogP contribution < -0.4 is 24.8 Å². The molecule has 2 atom stereocenters. The Hall–Kier alpha value is -3.79. The van der Waals surface area contributed by atoms with Crippen molar-refractivity contribution in [2.75, 3.05) is 40.5 Å². The van der Waals surface area contributed by atoms with Gasteiger partial charge in [0, 0.05) is 25.8 Å². The summed E-state index contributed by atoms with van der Waals surface area (Å²) in [5.41, 5.74) is 1.21. The van der Waals surface area contributed by atoms with Crippen LogP contribution in [0.25, 0.3) is 0 Å². The number of benzene rings is 2. The van der Waals surface area contributed by atoms with E-state index >= 15 is 0 Å². The first-order valence-corrected chi connectivity index (χ1v) is 10.9. The average molecular weight is 469 g/mol. The lowest BCUT2D eigenvalue weighted by atomic mass is 10.1. The van der Waals surface area contributed by atoms with Gasteiger partial charge < -0.3 is 34.5 Å². The van der Waals surface area contributed by atoms with Crippen LogP contribution in [0.1, 0.15) is 15.9 Å². The Morgan fingerprint density at radius 1 is 1.12 bits per heavy atom. The van der Waals surface area contributed by atoms with Gasteiger partial charge >= 0.3 is 0 Å². The predicted molar refractivity (Wildman–Crippen MR) is 121 cm³/mol. The summed E-state index contributed by atoms with van der Waals surface area (Å²) in [6.45, 7) is 0.637. The number of nitrogens with zero attached hydrogens (tertiary/aromatic N) is 1. The molecule has 180 valence electrons. The second-order valence-corrected chi connectivity index (χ2v) is 8.04. The van der Waals surface area contributed by atoms with Gasteiger partial charge in [-0.25, -0.2) is 0 Å². The zero-order chi connectivity index (χ0) is 24.1. The van der Waals surface area contributed by atoms with Gasteiger partial charge in [0.15, 0.2) is 18.1 Å². The summed E-state index contributed by atoms with van der Waals surface area (Å²) in [4.78, 5) is 39.4. The van der Waals surface area contributed by atoms with E-state index in [0.29, 0.717) is 30.2 Å². The summed E-state index contributed by atoms with van der Waals surface area (Å²) in [7, 11) is 2.94. The molecule has 1 saturated heterocycles. The maximum atomic E-state index is 13.1. The number of carbonyl (C=O) groups excluding carboxylic acids is 3. The fourth-order valence-corrected chi connectivity index (χ4v) is 3.89. The minimum absolute atomic E-state index is 0.0486. The van der Waals surface area contributed by atoms with E-state index in [4.69, 9.17) is 18.9 Å². The highest BCUT2D eigenvalue weighted by Crippen LogP contribution is 2.28. The number of hydrogen-bond donors (Lipinski definition) is 2. The highest BCUT2D eigenvalue weighted by atomic mass is 16.5. The molecule has 0 spiro atoms. The van der Waals surface area contributed by atoms with Gasteiger partial charge in [0.05, 0.1) is 19.7 Å². The first kappa shape index (κ1) is 23.4. The molecule has 10 nitrogen and oxygen atoms in total. The Morgan fingerprint density at radius 3 is 2.65 bits per heavy atom. The van der Waals surface area contributed by atoms with Crippen LogP contribution in [0.3, 0.4) is 0 Å². The lowest BCUT2D eigenvalue weighted by molar-refractivity contribution is -0.134. The van der Waals surface area contributed by atoms with Crippen LogP contribution in [0.4, 0.5) is 0 Å². The smallest absolute Gasteiger partial charge is 0.258 e. The molecule has 4 bridgehead atoms. The van der Waals surface area contributed by atoms with E-state index in [2.05, 4.69) is 10.6 Å². The van der Waals surface area contributed by atoms with Gasteiger partial charge in [-0.15, -0.1) is 0 Å². The van der Waals surface area contributed by atoms with Crippen molar-refractivity contribution in [3.05, 3.63) is 53.6 Å². The first-order valence-electron chi connectivity index (χ1n) is 10.9. The minimum atomic E-state index is -0.458. The summed E-state index contributed by atoms with van der Waals surface area (Å²) < 4.78 is 22.1. The Labute approximate surface area is 197 Å². The molecule has 0 radical (unpaired) electrons. The van der Waals surface area contributed by atoms with Crippen LogP contribution in [0.15, 0.2) is 42.5 Å². The standard InChI is InChI=1S/C24H27N3O7/c1-31-14-23(29)27-11-18-21(12-27)34-17-6-3-15(4-7-17)10-25-22(28)13-33-20-9-16(24(30)26-18)5-8-19(20)32-2/h3-9,18,21H,10-14H2,1-2H3,(H,25,28)(H,26,30)/t18-,21-/m0/s1. The fourth-order valence-electron chi connectivity index (χ4n) is 3.89. The van der Waals surface area contributed by atoms with E-state index in [0.717, 1.165) is 5.56 Å². The molecule has 34 heavy (non-hydrogen) atoms. The summed E-state index contributed by atoms with van der Waals surface area (Å²) >= 11 is 0. The van der Waals surface area contributed by atoms with E-state index < -0.39 is 12.1 Å². The summed E-state index contributed by atoms with van der Waals surface area (Å²) in [6.07, 6.45) is -0.458. The number of amides is 3. The molecule has 10 heteroatoms. The van der Waals surface area contributed by atoms with Crippen molar-refractivity contribution < 1.29 is 33.3 Å². The van der Waals surface area contributed by atoms with Crippen molar-refractivity contribution in [2.24, 2.45) is 0 Å². The van der Waals surface area contributed by atoms with Gasteiger partial charge in [-0.2, -0.15) is 0 Å². The molecule has 2 aromatic rings. The third-order valence-corrected chi connectivity index (χ3v) is 5.69. The van der Waals surface area contributed by atoms with Crippen LogP contribution >= 0.6 is 0 Å². The normalized spacial score (nSPS) is 20.4. The van der Waals surface area contributed by atoms with Gasteiger partial charge in [0.2, 0.25) is 5.91 Å². The third-order valence-electron chi connectivity index (χ3n) is 5.69. The van der Waals surface area contributed by atoms with E-state index in [-0.39, 0.29) is 43.2 Å². The Bertz CT molecular complexity index is 1060. The zero-order valence-corrected chi connectivity index (χ0v) is 19.0. The average Bonchev–Trinajstić information content (AvgIpc) is 3.23. The predicted octanol–water partition coefficient (Wildman–Crippen LogP) is 0.738. The van der Waals surface area contributed by atoms with Gasteiger partial charge in [0.25, 0.3) is 11.8 Å². The highest BCUT2D eigenvalue weighted by molar-refractivity contribution is 5.95. The SMILES string of the molecule is COCC(=O)N1C[C@@H]2NC(=O)c3ccc(OC)c(c3)OCC(=O)NCc3ccc(cc3)O[C@H]2C1. The molecule has 5 rings (SSSR count). The van der Waals surface area contributed by atoms with Crippen LogP contribution in [-0.2, 0) is 20.9 Å². The minimum Gasteiger partial charge on any atom is -0.493 e. The second-order valence-electron chi connectivity index (χ2n) is 8.04. The van der Waals surface area contributed by atoms with Gasteiger partial charge in [-0.3, -0.25) is 14.4 Å². The topological polar surface area (TPSA) is 115 Å². The van der Waals surface area contributed by atoms with E-state index in [1.165, 1.54) is 20.3 Å². The van der Waals surface area contributed by atoms with Crippen molar-refractivity contribution in [2.45, 2.75) is 18.7 Å². The number of carbonyl (C=O) groups is 3. The van der Waals surface area contributed by atoms with Crippen molar-refractivity contribution in [1.29, 1.82) is 0 Å². The molecule has 2 aromatic carbocycles. The quantitative estimate of drug-likeness (QED) is 0.681. The largest absolute Gasteiger partial charge is 0.493 e. The summed E-state index contributed by atoms with van der Waals surface area (Å²) in [5.74, 6) is 0.416. The molecular weight excluding hydrogens is 442 g/mol. The molecule has 0 unspecified atom stereocenters.